The van der Waals surface area contributed by atoms with Crippen LogP contribution in [0.25, 0.3) is 0 Å². The molecule has 1 aliphatic carbocycles. The zero-order chi connectivity index (χ0) is 35.0. The topological polar surface area (TPSA) is 252 Å². The molecule has 0 bridgehead atoms. The maximum atomic E-state index is 13.2. The zero-order valence-corrected chi connectivity index (χ0v) is 27.2. The van der Waals surface area contributed by atoms with Crippen LogP contribution in [0.15, 0.2) is 18.3 Å². The first-order valence-corrected chi connectivity index (χ1v) is 15.5. The number of anilines is 1. The summed E-state index contributed by atoms with van der Waals surface area (Å²) in [5.74, 6) is -5.78. The summed E-state index contributed by atoms with van der Waals surface area (Å²) in [7, 11) is 5.41. The highest BCUT2D eigenvalue weighted by Crippen LogP contribution is 2.28. The maximum Gasteiger partial charge on any atom is 0.335 e. The molecule has 0 saturated heterocycles. The van der Waals surface area contributed by atoms with E-state index in [1.165, 1.54) is 28.5 Å². The summed E-state index contributed by atoms with van der Waals surface area (Å²) in [4.78, 5) is 83.8. The van der Waals surface area contributed by atoms with Crippen LogP contribution in [0.5, 0.6) is 0 Å². The monoisotopic (exact) mass is 697 g/mol. The summed E-state index contributed by atoms with van der Waals surface area (Å²) in [6.07, 6.45) is -1.11. The normalized spacial score (nSPS) is 20.3. The Bertz CT molecular complexity index is 1470. The molecule has 0 radical (unpaired) electrons. The molecule has 7 N–H and O–H groups in total. The van der Waals surface area contributed by atoms with E-state index in [-0.39, 0.29) is 23.6 Å². The van der Waals surface area contributed by atoms with Crippen LogP contribution in [0.3, 0.4) is 0 Å². The molecule has 2 aromatic heterocycles. The number of pyridine rings is 1. The van der Waals surface area contributed by atoms with Gasteiger partial charge in [-0.2, -0.15) is 0 Å². The number of aromatic nitrogens is 2. The number of likely N-dealkylation sites (N-methyl/N-ethyl adjacent to an activating group) is 1. The van der Waals surface area contributed by atoms with Crippen molar-refractivity contribution in [3.8, 4) is 0 Å². The summed E-state index contributed by atoms with van der Waals surface area (Å²) < 4.78 is 0. The smallest absolute Gasteiger partial charge is 0.335 e. The van der Waals surface area contributed by atoms with Gasteiger partial charge in [-0.3, -0.25) is 19.2 Å². The first kappa shape index (κ1) is 37.2. The summed E-state index contributed by atoms with van der Waals surface area (Å²) in [6.45, 7) is 1.63. The molecule has 47 heavy (non-hydrogen) atoms. The molecular weight excluding hydrogens is 662 g/mol. The van der Waals surface area contributed by atoms with Crippen LogP contribution < -0.4 is 16.0 Å². The first-order valence-electron chi connectivity index (χ1n) is 14.3. The minimum atomic E-state index is -2.27. The SMILES string of the molecule is CN1CCc2nc(C(=O)N[C@@H]3C[C@@H](C(=O)N(C)C)CC[C@@H]3NC(=O)C(=O)Nc3ccc(Cl)cn3)sc2C1.O=C(O)C(O)C(O)C(=O)O. The fourth-order valence-corrected chi connectivity index (χ4v) is 6.07. The van der Waals surface area contributed by atoms with Crippen molar-refractivity contribution in [1.29, 1.82) is 0 Å². The van der Waals surface area contributed by atoms with Gasteiger partial charge in [0.2, 0.25) is 5.91 Å². The lowest BCUT2D eigenvalue weighted by Gasteiger charge is -2.37. The van der Waals surface area contributed by atoms with Crippen LogP contribution in [-0.2, 0) is 36.9 Å². The van der Waals surface area contributed by atoms with Gasteiger partial charge in [-0.15, -0.1) is 11.3 Å². The van der Waals surface area contributed by atoms with Gasteiger partial charge in [-0.1, -0.05) is 11.6 Å². The fraction of sp³-hybridized carbons (Fsp3) is 0.500. The van der Waals surface area contributed by atoms with Gasteiger partial charge in [0.15, 0.2) is 17.2 Å². The third kappa shape index (κ3) is 10.4. The van der Waals surface area contributed by atoms with Gasteiger partial charge in [0.25, 0.3) is 5.91 Å². The third-order valence-corrected chi connectivity index (χ3v) is 8.67. The lowest BCUT2D eigenvalue weighted by atomic mass is 9.81. The van der Waals surface area contributed by atoms with Crippen LogP contribution in [0, 0.1) is 5.92 Å². The van der Waals surface area contributed by atoms with Crippen molar-refractivity contribution in [3.05, 3.63) is 38.9 Å². The number of thiazole rings is 1. The number of hydrogen-bond acceptors (Lipinski definition) is 12. The van der Waals surface area contributed by atoms with E-state index in [4.69, 9.17) is 32.0 Å². The molecule has 19 heteroatoms. The number of nitrogens with one attached hydrogen (secondary N) is 3. The van der Waals surface area contributed by atoms with Crippen molar-refractivity contribution >= 4 is 64.3 Å². The summed E-state index contributed by atoms with van der Waals surface area (Å²) in [5.41, 5.74) is 0.940. The Hall–Kier alpha value is -4.23. The summed E-state index contributed by atoms with van der Waals surface area (Å²) >= 11 is 7.17. The standard InChI is InChI=1S/C24H30ClN7O4S.C4H6O6/c1-31(2)24(36)13-4-6-15(27-20(33)21(34)30-19-7-5-14(25)11-26-19)17(10-13)28-22(35)23-29-16-8-9-32(3)12-18(16)37-23;5-1(3(7)8)2(6)4(9)10/h5,7,11,13,15,17H,4,6,8-10,12H2,1-3H3,(H,27,33)(H,28,35)(H,26,30,34);1-2,5-6H,(H,7,8)(H,9,10)/t13-,15-,17+;/m0./s1. The van der Waals surface area contributed by atoms with E-state index in [0.29, 0.717) is 29.3 Å². The Morgan fingerprint density at radius 1 is 1.00 bits per heavy atom. The van der Waals surface area contributed by atoms with E-state index in [0.717, 1.165) is 30.1 Å². The highest BCUT2D eigenvalue weighted by Gasteiger charge is 2.38. The first-order chi connectivity index (χ1) is 22.1. The number of fused-ring (bicyclic) bond motifs is 1. The number of carboxylic acid groups (broad SMARTS) is 2. The van der Waals surface area contributed by atoms with Crippen molar-refractivity contribution in [2.45, 2.75) is 56.5 Å². The molecule has 1 aliphatic heterocycles. The van der Waals surface area contributed by atoms with E-state index in [1.807, 2.05) is 7.05 Å². The third-order valence-electron chi connectivity index (χ3n) is 7.37. The molecule has 1 saturated carbocycles. The van der Waals surface area contributed by atoms with E-state index in [9.17, 15) is 28.8 Å². The van der Waals surface area contributed by atoms with Crippen molar-refractivity contribution in [2.24, 2.45) is 5.92 Å². The second-order valence-corrected chi connectivity index (χ2v) is 12.7. The second kappa shape index (κ2) is 16.6. The van der Waals surface area contributed by atoms with Gasteiger partial charge in [0.1, 0.15) is 5.82 Å². The molecule has 0 spiro atoms. The molecule has 4 amide bonds. The van der Waals surface area contributed by atoms with Crippen LogP contribution >= 0.6 is 22.9 Å². The number of hydrogen-bond donors (Lipinski definition) is 7. The van der Waals surface area contributed by atoms with Crippen LogP contribution in [-0.4, -0.2) is 128 Å². The second-order valence-electron chi connectivity index (χ2n) is 11.2. The molecule has 4 rings (SSSR count). The van der Waals surface area contributed by atoms with Crippen LogP contribution in [0.2, 0.25) is 5.02 Å². The Labute approximate surface area is 277 Å². The molecule has 17 nitrogen and oxygen atoms in total. The van der Waals surface area contributed by atoms with Crippen molar-refractivity contribution in [2.75, 3.05) is 33.0 Å². The Balaban J connectivity index is 0.000000520. The summed E-state index contributed by atoms with van der Waals surface area (Å²) in [6, 6.07) is 1.95. The molecule has 0 aromatic carbocycles. The van der Waals surface area contributed by atoms with Gasteiger partial charge < -0.3 is 46.2 Å². The Kier molecular flexibility index (Phi) is 13.1. The molecule has 256 valence electrons. The molecule has 2 aliphatic rings. The summed E-state index contributed by atoms with van der Waals surface area (Å²) in [5, 5.41) is 41.4. The number of aliphatic carboxylic acids is 2. The number of halogens is 1. The average molecular weight is 698 g/mol. The van der Waals surface area contributed by atoms with Crippen molar-refractivity contribution in [1.82, 2.24) is 30.4 Å². The van der Waals surface area contributed by atoms with E-state index in [2.05, 4.69) is 30.8 Å². The van der Waals surface area contributed by atoms with Crippen LogP contribution in [0.4, 0.5) is 5.82 Å². The number of rotatable bonds is 8. The average Bonchev–Trinajstić information content (AvgIpc) is 3.45. The minimum Gasteiger partial charge on any atom is -0.479 e. The number of carboxylic acids is 2. The molecule has 5 atom stereocenters. The molecule has 2 aromatic rings. The maximum absolute atomic E-state index is 13.2. The fourth-order valence-electron chi connectivity index (χ4n) is 4.87. The number of aliphatic hydroxyl groups excluding tert-OH is 2. The van der Waals surface area contributed by atoms with Gasteiger partial charge in [0.05, 0.1) is 16.8 Å². The molecule has 2 unspecified atom stereocenters. The molecular formula is C28H36ClN7O10S. The number of nitrogens with zero attached hydrogens (tertiary/aromatic N) is 4. The van der Waals surface area contributed by atoms with Gasteiger partial charge >= 0.3 is 23.8 Å². The van der Waals surface area contributed by atoms with E-state index in [1.54, 1.807) is 20.2 Å². The van der Waals surface area contributed by atoms with E-state index < -0.39 is 48.0 Å². The quantitative estimate of drug-likeness (QED) is 0.167. The predicted molar refractivity (Wildman–Crippen MR) is 167 cm³/mol. The highest BCUT2D eigenvalue weighted by molar-refractivity contribution is 7.13. The number of amides is 4. The van der Waals surface area contributed by atoms with Gasteiger partial charge in [-0.25, -0.2) is 19.6 Å². The van der Waals surface area contributed by atoms with Crippen LogP contribution in [0.1, 0.15) is 39.6 Å². The Morgan fingerprint density at radius 3 is 2.23 bits per heavy atom. The number of carbonyl (C=O) groups excluding carboxylic acids is 4. The highest BCUT2D eigenvalue weighted by atomic mass is 35.5. The number of aliphatic hydroxyl groups is 2. The molecule has 3 heterocycles. The van der Waals surface area contributed by atoms with E-state index >= 15 is 0 Å². The lowest BCUT2D eigenvalue weighted by Crippen LogP contribution is -2.57. The van der Waals surface area contributed by atoms with Gasteiger partial charge in [0, 0.05) is 56.6 Å². The van der Waals surface area contributed by atoms with Crippen molar-refractivity contribution < 1.29 is 49.2 Å². The minimum absolute atomic E-state index is 0.0386. The zero-order valence-electron chi connectivity index (χ0n) is 25.7. The largest absolute Gasteiger partial charge is 0.479 e. The lowest BCUT2D eigenvalue weighted by molar-refractivity contribution is -0.165. The predicted octanol–water partition coefficient (Wildman–Crippen LogP) is -0.833. The molecule has 1 fully saturated rings. The Morgan fingerprint density at radius 2 is 1.66 bits per heavy atom. The van der Waals surface area contributed by atoms with Gasteiger partial charge in [-0.05, 0) is 38.4 Å². The van der Waals surface area contributed by atoms with Crippen molar-refractivity contribution in [3.63, 3.8) is 0 Å². The number of carbonyl (C=O) groups is 6.